The zero-order chi connectivity index (χ0) is 14.7. The summed E-state index contributed by atoms with van der Waals surface area (Å²) in [5, 5.41) is 0. The third-order valence-corrected chi connectivity index (χ3v) is 4.50. The van der Waals surface area contributed by atoms with E-state index < -0.39 is 0 Å². The van der Waals surface area contributed by atoms with Gasteiger partial charge in [0.15, 0.2) is 5.76 Å². The minimum atomic E-state index is 0.651. The fourth-order valence-electron chi connectivity index (χ4n) is 1.90. The Labute approximate surface area is 135 Å². The number of anilines is 1. The van der Waals surface area contributed by atoms with Crippen LogP contribution in [0.15, 0.2) is 68.5 Å². The van der Waals surface area contributed by atoms with E-state index in [9.17, 15) is 0 Å². The summed E-state index contributed by atoms with van der Waals surface area (Å²) in [6, 6.07) is 15.8. The highest BCUT2D eigenvalue weighted by molar-refractivity contribution is 9.10. The second-order valence-corrected chi connectivity index (χ2v) is 6.39. The lowest BCUT2D eigenvalue weighted by Gasteiger charge is -2.04. The zero-order valence-corrected chi connectivity index (χ0v) is 13.5. The van der Waals surface area contributed by atoms with E-state index in [1.165, 1.54) is 0 Å². The maximum atomic E-state index is 5.98. The number of rotatable bonds is 4. The highest BCUT2D eigenvalue weighted by atomic mass is 79.9. The molecule has 0 aliphatic heterocycles. The topological polar surface area (TPSA) is 52.0 Å². The summed E-state index contributed by atoms with van der Waals surface area (Å²) in [5.74, 6) is 2.13. The number of nitrogens with zero attached hydrogens (tertiary/aromatic N) is 1. The fourth-order valence-corrected chi connectivity index (χ4v) is 3.08. The monoisotopic (exact) mass is 360 g/mol. The van der Waals surface area contributed by atoms with E-state index in [4.69, 9.17) is 10.2 Å². The number of thioether (sulfide) groups is 1. The molecule has 3 nitrogen and oxygen atoms in total. The third-order valence-electron chi connectivity index (χ3n) is 2.93. The predicted molar refractivity (Wildman–Crippen MR) is 90.1 cm³/mol. The Bertz CT molecular complexity index is 743. The Kier molecular flexibility index (Phi) is 4.31. The summed E-state index contributed by atoms with van der Waals surface area (Å²) >= 11 is 5.02. The quantitative estimate of drug-likeness (QED) is 0.526. The largest absolute Gasteiger partial charge is 0.440 e. The molecular weight excluding hydrogens is 348 g/mol. The van der Waals surface area contributed by atoms with Crippen LogP contribution in [0.4, 0.5) is 5.69 Å². The number of hydrogen-bond donors (Lipinski definition) is 1. The van der Waals surface area contributed by atoms with Crippen molar-refractivity contribution in [2.45, 2.75) is 10.6 Å². The van der Waals surface area contributed by atoms with Gasteiger partial charge in [-0.2, -0.15) is 0 Å². The Hall–Kier alpha value is -1.72. The van der Waals surface area contributed by atoms with Crippen molar-refractivity contribution in [3.63, 3.8) is 0 Å². The molecule has 2 N–H and O–H groups in total. The Morgan fingerprint density at radius 3 is 2.71 bits per heavy atom. The van der Waals surface area contributed by atoms with Gasteiger partial charge in [0.1, 0.15) is 0 Å². The van der Waals surface area contributed by atoms with Crippen LogP contribution >= 0.6 is 27.7 Å². The minimum Gasteiger partial charge on any atom is -0.440 e. The molecule has 106 valence electrons. The van der Waals surface area contributed by atoms with Gasteiger partial charge in [-0.15, -0.1) is 11.8 Å². The molecule has 1 aromatic heterocycles. The highest BCUT2D eigenvalue weighted by Crippen LogP contribution is 2.31. The molecule has 0 radical (unpaired) electrons. The Balaban J connectivity index is 1.70. The van der Waals surface area contributed by atoms with E-state index >= 15 is 0 Å². The van der Waals surface area contributed by atoms with Gasteiger partial charge in [-0.3, -0.25) is 0 Å². The Morgan fingerprint density at radius 1 is 1.14 bits per heavy atom. The predicted octanol–water partition coefficient (Wildman–Crippen LogP) is 4.98. The maximum absolute atomic E-state index is 5.98. The molecule has 0 amide bonds. The molecule has 0 aliphatic carbocycles. The molecule has 2 aromatic carbocycles. The van der Waals surface area contributed by atoms with Gasteiger partial charge in [-0.25, -0.2) is 4.98 Å². The van der Waals surface area contributed by atoms with Crippen molar-refractivity contribution in [3.05, 3.63) is 65.1 Å². The summed E-state index contributed by atoms with van der Waals surface area (Å²) in [4.78, 5) is 5.34. The van der Waals surface area contributed by atoms with Gasteiger partial charge in [0.05, 0.1) is 11.9 Å². The summed E-state index contributed by atoms with van der Waals surface area (Å²) in [5.41, 5.74) is 7.77. The van der Waals surface area contributed by atoms with Crippen molar-refractivity contribution in [2.24, 2.45) is 0 Å². The molecule has 0 atom stereocenters. The summed E-state index contributed by atoms with van der Waals surface area (Å²) in [6.07, 6.45) is 1.76. The lowest BCUT2D eigenvalue weighted by atomic mass is 10.2. The van der Waals surface area contributed by atoms with E-state index in [2.05, 4.69) is 20.9 Å². The molecule has 1 heterocycles. The van der Waals surface area contributed by atoms with Gasteiger partial charge >= 0.3 is 0 Å². The molecule has 0 saturated heterocycles. The number of oxazole rings is 1. The first-order valence-electron chi connectivity index (χ1n) is 6.40. The van der Waals surface area contributed by atoms with Crippen LogP contribution in [0, 0.1) is 0 Å². The lowest BCUT2D eigenvalue weighted by Crippen LogP contribution is -1.89. The van der Waals surface area contributed by atoms with Gasteiger partial charge in [0.25, 0.3) is 0 Å². The standard InChI is InChI=1S/C16H13BrN2OS/c17-12-6-7-15(13(18)8-12)21-10-16-19-9-14(20-16)11-4-2-1-3-5-11/h1-9H,10,18H2. The van der Waals surface area contributed by atoms with Crippen LogP contribution < -0.4 is 5.73 Å². The number of nitrogen functional groups attached to an aromatic ring is 1. The lowest BCUT2D eigenvalue weighted by molar-refractivity contribution is 0.530. The van der Waals surface area contributed by atoms with Crippen LogP contribution in [0.25, 0.3) is 11.3 Å². The van der Waals surface area contributed by atoms with E-state index in [0.29, 0.717) is 11.6 Å². The fraction of sp³-hybridized carbons (Fsp3) is 0.0625. The molecule has 0 bridgehead atoms. The van der Waals surface area contributed by atoms with Gasteiger partial charge < -0.3 is 10.2 Å². The van der Waals surface area contributed by atoms with Crippen LogP contribution in [0.1, 0.15) is 5.89 Å². The molecule has 0 unspecified atom stereocenters. The first-order valence-corrected chi connectivity index (χ1v) is 8.18. The van der Waals surface area contributed by atoms with Crippen molar-refractivity contribution in [1.82, 2.24) is 4.98 Å². The van der Waals surface area contributed by atoms with Crippen molar-refractivity contribution < 1.29 is 4.42 Å². The summed E-state index contributed by atoms with van der Waals surface area (Å²) in [6.45, 7) is 0. The summed E-state index contributed by atoms with van der Waals surface area (Å²) < 4.78 is 6.75. The minimum absolute atomic E-state index is 0.651. The molecule has 21 heavy (non-hydrogen) atoms. The Morgan fingerprint density at radius 2 is 1.95 bits per heavy atom. The molecule has 0 aliphatic rings. The molecular formula is C16H13BrN2OS. The molecule has 3 aromatic rings. The van der Waals surface area contributed by atoms with Gasteiger partial charge in [-0.1, -0.05) is 46.3 Å². The first-order chi connectivity index (χ1) is 10.2. The molecule has 0 saturated carbocycles. The number of hydrogen-bond acceptors (Lipinski definition) is 4. The van der Waals surface area contributed by atoms with Crippen LogP contribution in [-0.2, 0) is 5.75 Å². The van der Waals surface area contributed by atoms with Crippen molar-refractivity contribution in [3.8, 4) is 11.3 Å². The van der Waals surface area contributed by atoms with Crippen molar-refractivity contribution >= 4 is 33.4 Å². The normalized spacial score (nSPS) is 10.7. The smallest absolute Gasteiger partial charge is 0.205 e. The third kappa shape index (κ3) is 3.49. The van der Waals surface area contributed by atoms with E-state index in [-0.39, 0.29) is 0 Å². The van der Waals surface area contributed by atoms with Crippen molar-refractivity contribution in [2.75, 3.05) is 5.73 Å². The first kappa shape index (κ1) is 14.2. The maximum Gasteiger partial charge on any atom is 0.205 e. The van der Waals surface area contributed by atoms with E-state index in [1.54, 1.807) is 18.0 Å². The average Bonchev–Trinajstić information content (AvgIpc) is 2.96. The second-order valence-electron chi connectivity index (χ2n) is 4.46. The number of nitrogens with two attached hydrogens (primary N) is 1. The van der Waals surface area contributed by atoms with Gasteiger partial charge in [-0.05, 0) is 18.2 Å². The molecule has 3 rings (SSSR count). The number of aromatic nitrogens is 1. The molecule has 0 spiro atoms. The van der Waals surface area contributed by atoms with E-state index in [0.717, 1.165) is 26.4 Å². The highest BCUT2D eigenvalue weighted by Gasteiger charge is 2.08. The average molecular weight is 361 g/mol. The zero-order valence-electron chi connectivity index (χ0n) is 11.1. The van der Waals surface area contributed by atoms with Gasteiger partial charge in [0, 0.05) is 20.6 Å². The summed E-state index contributed by atoms with van der Waals surface area (Å²) in [7, 11) is 0. The van der Waals surface area contributed by atoms with Crippen LogP contribution in [0.5, 0.6) is 0 Å². The van der Waals surface area contributed by atoms with E-state index in [1.807, 2.05) is 48.5 Å². The van der Waals surface area contributed by atoms with Crippen molar-refractivity contribution in [1.29, 1.82) is 0 Å². The molecule has 0 fully saturated rings. The van der Waals surface area contributed by atoms with Crippen LogP contribution in [-0.4, -0.2) is 4.98 Å². The van der Waals surface area contributed by atoms with Crippen LogP contribution in [0.2, 0.25) is 0 Å². The number of benzene rings is 2. The second kappa shape index (κ2) is 6.37. The number of halogens is 1. The van der Waals surface area contributed by atoms with Crippen LogP contribution in [0.3, 0.4) is 0 Å². The van der Waals surface area contributed by atoms with Gasteiger partial charge in [0.2, 0.25) is 5.89 Å². The SMILES string of the molecule is Nc1cc(Br)ccc1SCc1ncc(-c2ccccc2)o1. The molecule has 5 heteroatoms.